The van der Waals surface area contributed by atoms with E-state index in [-0.39, 0.29) is 11.5 Å². The zero-order valence-corrected chi connectivity index (χ0v) is 22.5. The number of hydrogen-bond donors (Lipinski definition) is 0. The predicted octanol–water partition coefficient (Wildman–Crippen LogP) is 7.05. The van der Waals surface area contributed by atoms with Crippen LogP contribution >= 0.6 is 0 Å². The summed E-state index contributed by atoms with van der Waals surface area (Å²) < 4.78 is 13.5. The minimum atomic E-state index is -0.310. The molecule has 2 heterocycles. The summed E-state index contributed by atoms with van der Waals surface area (Å²) in [4.78, 5) is 30.6. The van der Waals surface area contributed by atoms with Crippen molar-refractivity contribution in [3.8, 4) is 5.75 Å². The van der Waals surface area contributed by atoms with E-state index in [1.54, 1.807) is 11.3 Å². The molecule has 0 amide bonds. The van der Waals surface area contributed by atoms with Crippen molar-refractivity contribution in [2.75, 3.05) is 13.2 Å². The zero-order chi connectivity index (χ0) is 27.4. The number of fused-ring (bicyclic) bond motifs is 3. The summed E-state index contributed by atoms with van der Waals surface area (Å²) in [6.45, 7) is 6.40. The second-order valence-electron chi connectivity index (χ2n) is 11.1. The Bertz CT molecular complexity index is 1990. The van der Waals surface area contributed by atoms with Gasteiger partial charge in [-0.05, 0) is 80.2 Å². The Morgan fingerprint density at radius 1 is 0.875 bits per heavy atom. The van der Waals surface area contributed by atoms with E-state index in [0.717, 1.165) is 69.4 Å². The molecule has 0 atom stereocenters. The molecule has 0 saturated heterocycles. The van der Waals surface area contributed by atoms with E-state index in [0.29, 0.717) is 41.7 Å². The van der Waals surface area contributed by atoms with E-state index in [9.17, 15) is 9.59 Å². The molecule has 6 nitrogen and oxygen atoms in total. The second kappa shape index (κ2) is 9.63. The lowest BCUT2D eigenvalue weighted by Gasteiger charge is -2.28. The number of nitrogens with zero attached hydrogens (tertiary/aromatic N) is 2. The molecule has 0 unspecified atom stereocenters. The van der Waals surface area contributed by atoms with Gasteiger partial charge in [0.15, 0.2) is 0 Å². The molecular formula is C34H30N2O4. The molecule has 40 heavy (non-hydrogen) atoms. The topological polar surface area (TPSA) is 69.9 Å². The van der Waals surface area contributed by atoms with Crippen LogP contribution in [0.25, 0.3) is 49.0 Å². The number of hydrogen-bond acceptors (Lipinski definition) is 5. The molecular weight excluding hydrogens is 500 g/mol. The van der Waals surface area contributed by atoms with E-state index in [2.05, 4.69) is 18.7 Å². The van der Waals surface area contributed by atoms with E-state index in [4.69, 9.17) is 14.5 Å². The van der Waals surface area contributed by atoms with Crippen LogP contribution in [0, 0.1) is 11.8 Å². The maximum absolute atomic E-state index is 13.9. The summed E-state index contributed by atoms with van der Waals surface area (Å²) in [5.41, 5.74) is 2.79. The number of aromatic nitrogens is 2. The predicted molar refractivity (Wildman–Crippen MR) is 159 cm³/mol. The molecule has 7 rings (SSSR count). The smallest absolute Gasteiger partial charge is 0.333 e. The van der Waals surface area contributed by atoms with Gasteiger partial charge in [0.05, 0.1) is 24.2 Å². The first-order valence-corrected chi connectivity index (χ1v) is 14.0. The average molecular weight is 531 g/mol. The van der Waals surface area contributed by atoms with Gasteiger partial charge in [-0.2, -0.15) is 0 Å². The molecule has 0 radical (unpaired) electrons. The Balaban J connectivity index is 1.21. The fourth-order valence-electron chi connectivity index (χ4n) is 6.33. The molecule has 200 valence electrons. The fourth-order valence-corrected chi connectivity index (χ4v) is 6.33. The molecule has 6 aromatic rings. The molecule has 0 N–H and O–H groups in total. The standard InChI is InChI=1S/C34H30N2O4/c1-20(2)34(38)40-19-22-14-12-21(13-15-22)18-39-29-17-16-25-31-24(29)8-5-9-26(31)33(37)36-28-11-4-7-23-6-3-10-27(30(23)28)35-32(25)36/h3-11,16-17,21-22H,1,12-15,18-19H2,2H3. The highest BCUT2D eigenvalue weighted by molar-refractivity contribution is 6.18. The van der Waals surface area contributed by atoms with Crippen molar-refractivity contribution in [1.82, 2.24) is 9.38 Å². The minimum absolute atomic E-state index is 0.0679. The summed E-state index contributed by atoms with van der Waals surface area (Å²) in [6.07, 6.45) is 4.09. The maximum atomic E-state index is 13.9. The normalized spacial score (nSPS) is 17.7. The van der Waals surface area contributed by atoms with Crippen molar-refractivity contribution in [2.24, 2.45) is 11.8 Å². The van der Waals surface area contributed by atoms with Crippen LogP contribution in [0.15, 0.2) is 83.7 Å². The third-order valence-corrected chi connectivity index (χ3v) is 8.45. The highest BCUT2D eigenvalue weighted by Crippen LogP contribution is 2.37. The molecule has 2 aromatic heterocycles. The summed E-state index contributed by atoms with van der Waals surface area (Å²) in [5, 5.41) is 5.51. The van der Waals surface area contributed by atoms with Gasteiger partial charge in [0.2, 0.25) is 0 Å². The van der Waals surface area contributed by atoms with Crippen LogP contribution in [0.5, 0.6) is 5.75 Å². The molecule has 0 spiro atoms. The van der Waals surface area contributed by atoms with E-state index < -0.39 is 0 Å². The lowest BCUT2D eigenvalue weighted by atomic mass is 9.83. The van der Waals surface area contributed by atoms with Gasteiger partial charge in [-0.25, -0.2) is 9.78 Å². The Hall–Kier alpha value is -4.45. The van der Waals surface area contributed by atoms with Crippen LogP contribution < -0.4 is 10.3 Å². The molecule has 6 heteroatoms. The SMILES string of the molecule is C=C(C)C(=O)OCC1CCC(COc2ccc3c4c2cccc4c(=O)n2c4cccc5cccc(nc32)c54)CC1. The number of esters is 1. The molecule has 0 bridgehead atoms. The summed E-state index contributed by atoms with van der Waals surface area (Å²) in [7, 11) is 0. The first kappa shape index (κ1) is 24.6. The van der Waals surface area contributed by atoms with E-state index in [1.807, 2.05) is 54.6 Å². The number of carbonyl (C=O) groups is 1. The van der Waals surface area contributed by atoms with E-state index in [1.165, 1.54) is 0 Å². The van der Waals surface area contributed by atoms with Crippen LogP contribution in [0.1, 0.15) is 32.6 Å². The van der Waals surface area contributed by atoms with Crippen LogP contribution in [0.2, 0.25) is 0 Å². The van der Waals surface area contributed by atoms with Crippen molar-refractivity contribution >= 4 is 55.0 Å². The van der Waals surface area contributed by atoms with E-state index >= 15 is 0 Å². The average Bonchev–Trinajstić information content (AvgIpc) is 2.98. The van der Waals surface area contributed by atoms with Crippen LogP contribution in [-0.4, -0.2) is 28.6 Å². The number of pyridine rings is 1. The van der Waals surface area contributed by atoms with Gasteiger partial charge >= 0.3 is 5.97 Å². The molecule has 4 aromatic carbocycles. The van der Waals surface area contributed by atoms with Crippen molar-refractivity contribution in [3.63, 3.8) is 0 Å². The van der Waals surface area contributed by atoms with Crippen LogP contribution in [0.3, 0.4) is 0 Å². The molecule has 1 fully saturated rings. The fraction of sp³-hybridized carbons (Fsp3) is 0.265. The summed E-state index contributed by atoms with van der Waals surface area (Å²) >= 11 is 0. The number of benzene rings is 4. The van der Waals surface area contributed by atoms with Gasteiger partial charge in [-0.3, -0.25) is 9.20 Å². The Morgan fingerprint density at radius 2 is 1.57 bits per heavy atom. The lowest BCUT2D eigenvalue weighted by molar-refractivity contribution is -0.140. The minimum Gasteiger partial charge on any atom is -0.493 e. The van der Waals surface area contributed by atoms with Crippen LogP contribution in [0.4, 0.5) is 0 Å². The van der Waals surface area contributed by atoms with Gasteiger partial charge < -0.3 is 9.47 Å². The number of rotatable bonds is 6. The molecule has 0 aliphatic heterocycles. The van der Waals surface area contributed by atoms with Gasteiger partial charge in [0.1, 0.15) is 11.4 Å². The number of ether oxygens (including phenoxy) is 2. The second-order valence-corrected chi connectivity index (χ2v) is 11.1. The Kier molecular flexibility index (Phi) is 5.92. The van der Waals surface area contributed by atoms with Crippen molar-refractivity contribution in [2.45, 2.75) is 32.6 Å². The molecule has 1 aliphatic carbocycles. The Morgan fingerprint density at radius 3 is 2.35 bits per heavy atom. The first-order chi connectivity index (χ1) is 19.5. The van der Waals surface area contributed by atoms with Gasteiger partial charge in [0, 0.05) is 32.5 Å². The van der Waals surface area contributed by atoms with Crippen LogP contribution in [-0.2, 0) is 9.53 Å². The van der Waals surface area contributed by atoms with Crippen molar-refractivity contribution < 1.29 is 14.3 Å². The molecule has 1 saturated carbocycles. The van der Waals surface area contributed by atoms with Crippen molar-refractivity contribution in [1.29, 1.82) is 0 Å². The Labute approximate surface area is 231 Å². The monoisotopic (exact) mass is 530 g/mol. The highest BCUT2D eigenvalue weighted by Gasteiger charge is 2.24. The first-order valence-electron chi connectivity index (χ1n) is 14.0. The number of carbonyl (C=O) groups excluding carboxylic acids is 1. The third kappa shape index (κ3) is 3.98. The largest absolute Gasteiger partial charge is 0.493 e. The van der Waals surface area contributed by atoms with Gasteiger partial charge in [-0.15, -0.1) is 0 Å². The maximum Gasteiger partial charge on any atom is 0.333 e. The quantitative estimate of drug-likeness (QED) is 0.0999. The highest BCUT2D eigenvalue weighted by atomic mass is 16.5. The van der Waals surface area contributed by atoms with Crippen molar-refractivity contribution in [3.05, 3.63) is 89.2 Å². The lowest BCUT2D eigenvalue weighted by Crippen LogP contribution is -2.24. The zero-order valence-electron chi connectivity index (χ0n) is 22.5. The summed E-state index contributed by atoms with van der Waals surface area (Å²) in [5.74, 6) is 1.31. The summed E-state index contributed by atoms with van der Waals surface area (Å²) in [6, 6.07) is 22.0. The van der Waals surface area contributed by atoms with Gasteiger partial charge in [-0.1, -0.05) is 43.0 Å². The van der Waals surface area contributed by atoms with Gasteiger partial charge in [0.25, 0.3) is 5.56 Å². The molecule has 1 aliphatic rings. The third-order valence-electron chi connectivity index (χ3n) is 8.45.